The van der Waals surface area contributed by atoms with E-state index in [1.165, 1.54) is 5.57 Å². The summed E-state index contributed by atoms with van der Waals surface area (Å²) in [4.78, 5) is 4.72. The van der Waals surface area contributed by atoms with Crippen molar-refractivity contribution in [1.29, 1.82) is 0 Å². The van der Waals surface area contributed by atoms with Crippen LogP contribution in [0.1, 0.15) is 88.0 Å². The maximum absolute atomic E-state index is 5.07. The van der Waals surface area contributed by atoms with E-state index >= 15 is 0 Å². The average molecular weight is 508 g/mol. The summed E-state index contributed by atoms with van der Waals surface area (Å²) in [5.74, 6) is 0. The molecule has 0 saturated heterocycles. The van der Waals surface area contributed by atoms with Gasteiger partial charge in [-0.2, -0.15) is 0 Å². The van der Waals surface area contributed by atoms with Gasteiger partial charge < -0.3 is 11.1 Å². The van der Waals surface area contributed by atoms with Crippen LogP contribution in [-0.2, 0) is 0 Å². The van der Waals surface area contributed by atoms with Crippen molar-refractivity contribution in [2.45, 2.75) is 94.0 Å². The van der Waals surface area contributed by atoms with Gasteiger partial charge in [-0.05, 0) is 70.6 Å². The first-order valence-electron chi connectivity index (χ1n) is 13.4. The van der Waals surface area contributed by atoms with Crippen LogP contribution in [0.3, 0.4) is 0 Å². The van der Waals surface area contributed by atoms with Crippen LogP contribution in [-0.4, -0.2) is 18.3 Å². The second-order valence-electron chi connectivity index (χ2n) is 8.98. The van der Waals surface area contributed by atoms with E-state index in [1.807, 2.05) is 40.7 Å². The third-order valence-electron chi connectivity index (χ3n) is 5.20. The van der Waals surface area contributed by atoms with E-state index in [2.05, 4.69) is 90.7 Å². The molecule has 1 atom stereocenters. The van der Waals surface area contributed by atoms with Gasteiger partial charge in [0.25, 0.3) is 0 Å². The van der Waals surface area contributed by atoms with Crippen LogP contribution < -0.4 is 11.1 Å². The van der Waals surface area contributed by atoms with Gasteiger partial charge in [0, 0.05) is 30.4 Å². The van der Waals surface area contributed by atoms with Crippen molar-refractivity contribution in [2.24, 2.45) is 10.7 Å². The van der Waals surface area contributed by atoms with Crippen LogP contribution >= 0.6 is 0 Å². The first kappa shape index (κ1) is 38.6. The minimum atomic E-state index is 0.0852. The fraction of sp³-hybridized carbons (Fsp3) is 0.441. The topological polar surface area (TPSA) is 50.4 Å². The molecule has 0 aliphatic carbocycles. The lowest BCUT2D eigenvalue weighted by atomic mass is 10.0. The zero-order valence-electron chi connectivity index (χ0n) is 25.7. The van der Waals surface area contributed by atoms with E-state index in [1.54, 1.807) is 0 Å². The van der Waals surface area contributed by atoms with Crippen molar-refractivity contribution in [3.05, 3.63) is 109 Å². The summed E-state index contributed by atoms with van der Waals surface area (Å²) >= 11 is 0. The zero-order valence-corrected chi connectivity index (χ0v) is 25.7. The Morgan fingerprint density at radius 3 is 1.86 bits per heavy atom. The third-order valence-corrected chi connectivity index (χ3v) is 5.20. The number of nitrogens with one attached hydrogen (secondary N) is 1. The first-order valence-corrected chi connectivity index (χ1v) is 13.4. The molecule has 0 radical (unpaired) electrons. The molecule has 0 aromatic carbocycles. The van der Waals surface area contributed by atoms with Crippen LogP contribution in [0, 0.1) is 0 Å². The molecule has 3 heteroatoms. The van der Waals surface area contributed by atoms with Crippen LogP contribution in [0.2, 0.25) is 0 Å². The van der Waals surface area contributed by atoms with Gasteiger partial charge in [-0.15, -0.1) is 0 Å². The SMILES string of the molecule is C=C(C)C/C(C)=C/CC(=NC(=C)CC)C(=C)N[C@@H](C)C(/C=C\C(=C)C(=C)CC)=C/C.C=C(C)CN.CC. The van der Waals surface area contributed by atoms with Gasteiger partial charge in [-0.1, -0.05) is 108 Å². The molecule has 0 heterocycles. The number of hydrogen-bond acceptors (Lipinski definition) is 3. The Hall–Kier alpha value is -2.91. The largest absolute Gasteiger partial charge is 0.378 e. The summed E-state index contributed by atoms with van der Waals surface area (Å²) in [5, 5.41) is 3.51. The Morgan fingerprint density at radius 2 is 1.46 bits per heavy atom. The third kappa shape index (κ3) is 20.9. The molecule has 0 saturated carbocycles. The molecule has 0 unspecified atom stereocenters. The van der Waals surface area contributed by atoms with Gasteiger partial charge in [0.15, 0.2) is 0 Å². The molecular formula is C34H57N3. The number of aliphatic imine (C=N–C) groups is 1. The summed E-state index contributed by atoms with van der Waals surface area (Å²) in [6, 6.07) is 0.0852. The first-order chi connectivity index (χ1) is 17.3. The van der Waals surface area contributed by atoms with Crippen molar-refractivity contribution < 1.29 is 0 Å². The molecule has 0 aliphatic rings. The molecule has 3 nitrogen and oxygen atoms in total. The van der Waals surface area contributed by atoms with Crippen molar-refractivity contribution in [1.82, 2.24) is 5.32 Å². The lowest BCUT2D eigenvalue weighted by Crippen LogP contribution is -2.30. The Bertz CT molecular complexity index is 888. The Morgan fingerprint density at radius 1 is 0.919 bits per heavy atom. The lowest BCUT2D eigenvalue weighted by Gasteiger charge is -2.20. The van der Waals surface area contributed by atoms with Crippen molar-refractivity contribution in [3.63, 3.8) is 0 Å². The molecule has 0 bridgehead atoms. The monoisotopic (exact) mass is 507 g/mol. The maximum Gasteiger partial charge on any atom is 0.0669 e. The van der Waals surface area contributed by atoms with E-state index in [9.17, 15) is 0 Å². The minimum Gasteiger partial charge on any atom is -0.378 e. The highest BCUT2D eigenvalue weighted by Gasteiger charge is 2.11. The van der Waals surface area contributed by atoms with Crippen molar-refractivity contribution in [3.8, 4) is 0 Å². The molecule has 0 rings (SSSR count). The molecule has 0 aromatic heterocycles. The highest BCUT2D eigenvalue weighted by Crippen LogP contribution is 2.16. The van der Waals surface area contributed by atoms with Gasteiger partial charge in [0.05, 0.1) is 5.71 Å². The molecule has 3 N–H and O–H groups in total. The number of rotatable bonds is 15. The van der Waals surface area contributed by atoms with Crippen LogP contribution in [0.4, 0.5) is 0 Å². The Balaban J connectivity index is -0.00000146. The Kier molecular flexibility index (Phi) is 24.5. The minimum absolute atomic E-state index is 0.0852. The number of nitrogens with zero attached hydrogens (tertiary/aromatic N) is 1. The maximum atomic E-state index is 5.07. The molecule has 208 valence electrons. The molecule has 0 fully saturated rings. The standard InChI is InChI=1S/C28H42N2.C4H9N.C2H6/c1-12-22(7)23(8)16-17-27(14-3)25(10)30-26(11)28(29-24(9)13-2)18-15-21(6)19-20(4)5;1-4(2)3-5;1-2/h14-17,25,30H,4,7-9,11-13,18-19H2,1-3,5-6,10H3;1,3,5H2,2H3;1-2H3/b17-16-,21-15+,27-14+,29-28?;;/t25-;;/m0../s1. The zero-order chi connectivity index (χ0) is 29.6. The summed E-state index contributed by atoms with van der Waals surface area (Å²) in [5.41, 5.74) is 14.3. The van der Waals surface area contributed by atoms with Crippen LogP contribution in [0.25, 0.3) is 0 Å². The smallest absolute Gasteiger partial charge is 0.0669 e. The highest BCUT2D eigenvalue weighted by atomic mass is 14.9. The van der Waals surface area contributed by atoms with Gasteiger partial charge in [0.1, 0.15) is 0 Å². The second kappa shape index (κ2) is 23.5. The predicted octanol–water partition coefficient (Wildman–Crippen LogP) is 9.72. The van der Waals surface area contributed by atoms with E-state index in [0.29, 0.717) is 13.0 Å². The van der Waals surface area contributed by atoms with Crippen molar-refractivity contribution >= 4 is 5.71 Å². The van der Waals surface area contributed by atoms with Crippen molar-refractivity contribution in [2.75, 3.05) is 6.54 Å². The fourth-order valence-corrected chi connectivity index (χ4v) is 2.79. The van der Waals surface area contributed by atoms with Gasteiger partial charge in [-0.3, -0.25) is 4.99 Å². The Labute approximate surface area is 230 Å². The summed E-state index contributed by atoms with van der Waals surface area (Å²) in [6.45, 7) is 43.0. The predicted molar refractivity (Wildman–Crippen MR) is 173 cm³/mol. The molecule has 0 aromatic rings. The van der Waals surface area contributed by atoms with Crippen LogP contribution in [0.5, 0.6) is 0 Å². The lowest BCUT2D eigenvalue weighted by molar-refractivity contribution is 0.724. The molecule has 0 aliphatic heterocycles. The number of allylic oxidation sites excluding steroid dienone is 9. The fourth-order valence-electron chi connectivity index (χ4n) is 2.79. The van der Waals surface area contributed by atoms with E-state index < -0.39 is 0 Å². The highest BCUT2D eigenvalue weighted by molar-refractivity contribution is 6.00. The van der Waals surface area contributed by atoms with Crippen LogP contribution in [0.15, 0.2) is 114 Å². The van der Waals surface area contributed by atoms with E-state index in [0.717, 1.165) is 64.2 Å². The quantitative estimate of drug-likeness (QED) is 0.132. The number of hydrogen-bond donors (Lipinski definition) is 2. The molecule has 0 spiro atoms. The summed E-state index contributed by atoms with van der Waals surface area (Å²) < 4.78 is 0. The summed E-state index contributed by atoms with van der Waals surface area (Å²) in [6.07, 6.45) is 11.7. The van der Waals surface area contributed by atoms with Gasteiger partial charge >= 0.3 is 0 Å². The van der Waals surface area contributed by atoms with E-state index in [-0.39, 0.29) is 6.04 Å². The molecular weight excluding hydrogens is 450 g/mol. The molecule has 0 amide bonds. The van der Waals surface area contributed by atoms with Gasteiger partial charge in [-0.25, -0.2) is 0 Å². The average Bonchev–Trinajstić information content (AvgIpc) is 2.86. The van der Waals surface area contributed by atoms with Gasteiger partial charge in [0.2, 0.25) is 0 Å². The number of nitrogens with two attached hydrogens (primary N) is 1. The normalized spacial score (nSPS) is 12.4. The second-order valence-corrected chi connectivity index (χ2v) is 8.98. The summed E-state index contributed by atoms with van der Waals surface area (Å²) in [7, 11) is 0. The molecule has 37 heavy (non-hydrogen) atoms. The van der Waals surface area contributed by atoms with E-state index in [4.69, 9.17) is 10.7 Å².